The number of halogens is 1. The SMILES string of the molecule is COc1ccc(C(=O)N2CCC(F)(c3ccc(C#N)cc3)CC2)cc1NC(=O)c1cccnc1. The summed E-state index contributed by atoms with van der Waals surface area (Å²) in [5, 5.41) is 11.7. The standard InChI is InChI=1S/C26H23FN4O3/c1-34-23-9-6-19(15-22(23)30-24(32)20-3-2-12-29-17-20)25(33)31-13-10-26(27,11-14-31)21-7-4-18(16-28)5-8-21/h2-9,12,15,17H,10-11,13-14H2,1H3,(H,30,32). The summed E-state index contributed by atoms with van der Waals surface area (Å²) in [5.74, 6) is -0.212. The lowest BCUT2D eigenvalue weighted by Crippen LogP contribution is -2.43. The third-order valence-electron chi connectivity index (χ3n) is 5.99. The van der Waals surface area contributed by atoms with Gasteiger partial charge in [0.2, 0.25) is 0 Å². The maximum atomic E-state index is 15.6. The van der Waals surface area contributed by atoms with Crippen molar-refractivity contribution in [3.05, 3.63) is 89.2 Å². The van der Waals surface area contributed by atoms with Crippen molar-refractivity contribution in [2.24, 2.45) is 0 Å². The van der Waals surface area contributed by atoms with Crippen molar-refractivity contribution in [1.29, 1.82) is 5.26 Å². The molecule has 0 atom stereocenters. The molecular formula is C26H23FN4O3. The zero-order valence-electron chi connectivity index (χ0n) is 18.6. The van der Waals surface area contributed by atoms with E-state index in [0.29, 0.717) is 33.7 Å². The number of methoxy groups -OCH3 is 1. The van der Waals surface area contributed by atoms with Gasteiger partial charge in [-0.25, -0.2) is 4.39 Å². The molecule has 4 rings (SSSR count). The third kappa shape index (κ3) is 4.74. The Morgan fingerprint density at radius 2 is 1.85 bits per heavy atom. The minimum absolute atomic E-state index is 0.158. The van der Waals surface area contributed by atoms with Gasteiger partial charge in [-0.1, -0.05) is 12.1 Å². The average molecular weight is 458 g/mol. The van der Waals surface area contributed by atoms with Gasteiger partial charge in [0.1, 0.15) is 11.4 Å². The Balaban J connectivity index is 1.47. The van der Waals surface area contributed by atoms with E-state index in [1.165, 1.54) is 13.3 Å². The first-order valence-electron chi connectivity index (χ1n) is 10.8. The maximum absolute atomic E-state index is 15.6. The second kappa shape index (κ2) is 9.71. The number of hydrogen-bond acceptors (Lipinski definition) is 5. The molecule has 0 bridgehead atoms. The highest BCUT2D eigenvalue weighted by molar-refractivity contribution is 6.05. The van der Waals surface area contributed by atoms with Crippen LogP contribution in [0, 0.1) is 11.3 Å². The molecule has 0 saturated carbocycles. The second-order valence-corrected chi connectivity index (χ2v) is 8.06. The first-order valence-corrected chi connectivity index (χ1v) is 10.8. The topological polar surface area (TPSA) is 95.3 Å². The number of nitrogens with one attached hydrogen (secondary N) is 1. The van der Waals surface area contributed by atoms with Gasteiger partial charge >= 0.3 is 0 Å². The first-order chi connectivity index (χ1) is 16.4. The van der Waals surface area contributed by atoms with Crippen molar-refractivity contribution in [2.45, 2.75) is 18.5 Å². The lowest BCUT2D eigenvalue weighted by Gasteiger charge is -2.36. The van der Waals surface area contributed by atoms with E-state index in [2.05, 4.69) is 10.3 Å². The zero-order chi connectivity index (χ0) is 24.1. The van der Waals surface area contributed by atoms with Gasteiger partial charge in [-0.15, -0.1) is 0 Å². The van der Waals surface area contributed by atoms with E-state index in [1.54, 1.807) is 65.7 Å². The Labute approximate surface area is 196 Å². The molecule has 8 heteroatoms. The van der Waals surface area contributed by atoms with Crippen LogP contribution in [0.1, 0.15) is 44.7 Å². The number of carbonyl (C=O) groups is 2. The maximum Gasteiger partial charge on any atom is 0.257 e. The van der Waals surface area contributed by atoms with Crippen LogP contribution in [0.2, 0.25) is 0 Å². The van der Waals surface area contributed by atoms with Crippen LogP contribution in [0.15, 0.2) is 67.0 Å². The summed E-state index contributed by atoms with van der Waals surface area (Å²) in [7, 11) is 1.48. The van der Waals surface area contributed by atoms with E-state index in [1.807, 2.05) is 6.07 Å². The Kier molecular flexibility index (Phi) is 6.55. The Morgan fingerprint density at radius 3 is 2.47 bits per heavy atom. The number of hydrogen-bond donors (Lipinski definition) is 1. The second-order valence-electron chi connectivity index (χ2n) is 8.06. The monoisotopic (exact) mass is 458 g/mol. The molecule has 0 spiro atoms. The van der Waals surface area contributed by atoms with Crippen LogP contribution in [-0.2, 0) is 5.67 Å². The van der Waals surface area contributed by atoms with Crippen LogP contribution in [0.3, 0.4) is 0 Å². The number of likely N-dealkylation sites (tertiary alicyclic amines) is 1. The van der Waals surface area contributed by atoms with E-state index >= 15 is 4.39 Å². The number of aromatic nitrogens is 1. The number of piperidine rings is 1. The van der Waals surface area contributed by atoms with E-state index in [0.717, 1.165) is 0 Å². The van der Waals surface area contributed by atoms with Gasteiger partial charge in [0.25, 0.3) is 11.8 Å². The number of benzene rings is 2. The molecule has 34 heavy (non-hydrogen) atoms. The van der Waals surface area contributed by atoms with Gasteiger partial charge in [0.05, 0.1) is 30.0 Å². The predicted molar refractivity (Wildman–Crippen MR) is 124 cm³/mol. The number of pyridine rings is 1. The van der Waals surface area contributed by atoms with Crippen LogP contribution in [0.4, 0.5) is 10.1 Å². The molecule has 1 aliphatic rings. The molecule has 3 aromatic rings. The summed E-state index contributed by atoms with van der Waals surface area (Å²) in [4.78, 5) is 31.2. The van der Waals surface area contributed by atoms with E-state index in [4.69, 9.17) is 10.00 Å². The highest BCUT2D eigenvalue weighted by Gasteiger charge is 2.37. The Bertz CT molecular complexity index is 1230. The number of nitrogens with zero attached hydrogens (tertiary/aromatic N) is 3. The van der Waals surface area contributed by atoms with Crippen LogP contribution in [0.5, 0.6) is 5.75 Å². The molecule has 1 N–H and O–H groups in total. The fraction of sp³-hybridized carbons (Fsp3) is 0.231. The van der Waals surface area contributed by atoms with Crippen molar-refractivity contribution in [2.75, 3.05) is 25.5 Å². The summed E-state index contributed by atoms with van der Waals surface area (Å²) >= 11 is 0. The summed E-state index contributed by atoms with van der Waals surface area (Å²) in [6, 6.07) is 16.6. The molecule has 1 fully saturated rings. The van der Waals surface area contributed by atoms with Crippen LogP contribution in [0.25, 0.3) is 0 Å². The molecule has 0 radical (unpaired) electrons. The zero-order valence-corrected chi connectivity index (χ0v) is 18.6. The normalized spacial score (nSPS) is 14.7. The molecule has 0 unspecified atom stereocenters. The van der Waals surface area contributed by atoms with E-state index < -0.39 is 5.67 Å². The van der Waals surface area contributed by atoms with Crippen molar-refractivity contribution in [3.8, 4) is 11.8 Å². The van der Waals surface area contributed by atoms with Crippen molar-refractivity contribution in [1.82, 2.24) is 9.88 Å². The van der Waals surface area contributed by atoms with Crippen molar-refractivity contribution >= 4 is 17.5 Å². The number of carbonyl (C=O) groups excluding carboxylic acids is 2. The minimum Gasteiger partial charge on any atom is -0.495 e. The lowest BCUT2D eigenvalue weighted by atomic mass is 9.85. The van der Waals surface area contributed by atoms with Crippen LogP contribution < -0.4 is 10.1 Å². The number of rotatable bonds is 5. The molecule has 1 saturated heterocycles. The number of amides is 2. The highest BCUT2D eigenvalue weighted by atomic mass is 19.1. The molecular weight excluding hydrogens is 435 g/mol. The number of ether oxygens (including phenoxy) is 1. The molecule has 2 heterocycles. The Morgan fingerprint density at radius 1 is 1.12 bits per heavy atom. The number of alkyl halides is 1. The Hall–Kier alpha value is -4.25. The molecule has 2 aromatic carbocycles. The van der Waals surface area contributed by atoms with Gasteiger partial charge in [0.15, 0.2) is 0 Å². The van der Waals surface area contributed by atoms with Gasteiger partial charge in [-0.2, -0.15) is 5.26 Å². The van der Waals surface area contributed by atoms with Gasteiger partial charge < -0.3 is 15.0 Å². The molecule has 172 valence electrons. The molecule has 7 nitrogen and oxygen atoms in total. The first kappa shape index (κ1) is 22.9. The summed E-state index contributed by atoms with van der Waals surface area (Å²) in [5.41, 5.74) is 0.547. The summed E-state index contributed by atoms with van der Waals surface area (Å²) in [6.07, 6.45) is 3.33. The smallest absolute Gasteiger partial charge is 0.257 e. The third-order valence-corrected chi connectivity index (χ3v) is 5.99. The summed E-state index contributed by atoms with van der Waals surface area (Å²) in [6.45, 7) is 0.498. The van der Waals surface area contributed by atoms with Crippen LogP contribution in [-0.4, -0.2) is 41.9 Å². The molecule has 1 aliphatic heterocycles. The molecule has 2 amide bonds. The quantitative estimate of drug-likeness (QED) is 0.615. The van der Waals surface area contributed by atoms with E-state index in [9.17, 15) is 9.59 Å². The van der Waals surface area contributed by atoms with Crippen molar-refractivity contribution in [3.63, 3.8) is 0 Å². The van der Waals surface area contributed by atoms with Gasteiger partial charge in [0, 0.05) is 43.9 Å². The minimum atomic E-state index is -1.55. The van der Waals surface area contributed by atoms with Gasteiger partial charge in [-0.3, -0.25) is 14.6 Å². The van der Waals surface area contributed by atoms with Gasteiger partial charge in [-0.05, 0) is 48.0 Å². The van der Waals surface area contributed by atoms with Crippen molar-refractivity contribution < 1.29 is 18.7 Å². The molecule has 0 aliphatic carbocycles. The number of nitriles is 1. The lowest BCUT2D eigenvalue weighted by molar-refractivity contribution is 0.0421. The van der Waals surface area contributed by atoms with Crippen LogP contribution >= 0.6 is 0 Å². The predicted octanol–water partition coefficient (Wildman–Crippen LogP) is 4.32. The molecule has 1 aromatic heterocycles. The largest absolute Gasteiger partial charge is 0.495 e. The number of anilines is 1. The highest BCUT2D eigenvalue weighted by Crippen LogP contribution is 2.37. The fourth-order valence-corrected chi connectivity index (χ4v) is 4.01. The summed E-state index contributed by atoms with van der Waals surface area (Å²) < 4.78 is 20.9. The fourth-order valence-electron chi connectivity index (χ4n) is 4.01. The van der Waals surface area contributed by atoms with E-state index in [-0.39, 0.29) is 37.7 Å². The average Bonchev–Trinajstić information content (AvgIpc) is 2.89.